The molecule has 0 aromatic carbocycles. The SMILES string of the molecule is CC(C)(C)C(CCN)NC(=O)C1CC1(C)C. The molecule has 0 radical (unpaired) electrons. The molecule has 2 atom stereocenters. The molecule has 0 aromatic rings. The van der Waals surface area contributed by atoms with E-state index in [0.29, 0.717) is 6.54 Å². The summed E-state index contributed by atoms with van der Waals surface area (Å²) in [6, 6.07) is 0.182. The van der Waals surface area contributed by atoms with E-state index in [2.05, 4.69) is 39.9 Å². The highest BCUT2D eigenvalue weighted by atomic mass is 16.2. The Balaban J connectivity index is 2.53. The van der Waals surface area contributed by atoms with Crippen LogP contribution in [0.1, 0.15) is 47.5 Å². The Morgan fingerprint density at radius 3 is 2.31 bits per heavy atom. The third-order valence-electron chi connectivity index (χ3n) is 3.65. The zero-order chi connectivity index (χ0) is 12.6. The maximum atomic E-state index is 12.0. The number of carbonyl (C=O) groups is 1. The first-order valence-electron chi connectivity index (χ1n) is 6.19. The number of rotatable bonds is 4. The predicted molar refractivity (Wildman–Crippen MR) is 66.9 cm³/mol. The maximum absolute atomic E-state index is 12.0. The lowest BCUT2D eigenvalue weighted by molar-refractivity contribution is -0.124. The molecular formula is C13H26N2O. The normalized spacial score (nSPS) is 25.0. The molecule has 1 rings (SSSR count). The Bertz CT molecular complexity index is 266. The van der Waals surface area contributed by atoms with Gasteiger partial charge in [-0.1, -0.05) is 34.6 Å². The second-order valence-electron chi connectivity index (χ2n) is 6.75. The number of carbonyl (C=O) groups excluding carboxylic acids is 1. The van der Waals surface area contributed by atoms with E-state index in [0.717, 1.165) is 12.8 Å². The highest BCUT2D eigenvalue weighted by Crippen LogP contribution is 2.51. The van der Waals surface area contributed by atoms with Crippen LogP contribution in [-0.4, -0.2) is 18.5 Å². The van der Waals surface area contributed by atoms with Crippen molar-refractivity contribution in [1.29, 1.82) is 0 Å². The van der Waals surface area contributed by atoms with Crippen LogP contribution in [0.2, 0.25) is 0 Å². The summed E-state index contributed by atoms with van der Waals surface area (Å²) in [6.07, 6.45) is 1.86. The van der Waals surface area contributed by atoms with Gasteiger partial charge in [-0.25, -0.2) is 0 Å². The fourth-order valence-corrected chi connectivity index (χ4v) is 2.08. The van der Waals surface area contributed by atoms with Gasteiger partial charge >= 0.3 is 0 Å². The average Bonchev–Trinajstić information content (AvgIpc) is 2.73. The van der Waals surface area contributed by atoms with Crippen LogP contribution in [0.15, 0.2) is 0 Å². The highest BCUT2D eigenvalue weighted by Gasteiger charge is 2.51. The molecular weight excluding hydrogens is 200 g/mol. The van der Waals surface area contributed by atoms with Crippen molar-refractivity contribution in [2.24, 2.45) is 22.5 Å². The Morgan fingerprint density at radius 1 is 1.50 bits per heavy atom. The smallest absolute Gasteiger partial charge is 0.223 e. The molecule has 1 aliphatic carbocycles. The summed E-state index contributed by atoms with van der Waals surface area (Å²) in [5.41, 5.74) is 5.88. The van der Waals surface area contributed by atoms with Gasteiger partial charge < -0.3 is 11.1 Å². The summed E-state index contributed by atoms with van der Waals surface area (Å²) in [4.78, 5) is 12.0. The van der Waals surface area contributed by atoms with Crippen molar-refractivity contribution in [3.63, 3.8) is 0 Å². The number of nitrogens with one attached hydrogen (secondary N) is 1. The molecule has 1 aliphatic rings. The van der Waals surface area contributed by atoms with Gasteiger partial charge in [-0.3, -0.25) is 4.79 Å². The van der Waals surface area contributed by atoms with E-state index in [1.54, 1.807) is 0 Å². The molecule has 2 unspecified atom stereocenters. The van der Waals surface area contributed by atoms with E-state index < -0.39 is 0 Å². The largest absolute Gasteiger partial charge is 0.353 e. The molecule has 1 saturated carbocycles. The van der Waals surface area contributed by atoms with Crippen molar-refractivity contribution in [2.45, 2.75) is 53.5 Å². The van der Waals surface area contributed by atoms with Crippen LogP contribution >= 0.6 is 0 Å². The lowest BCUT2D eigenvalue weighted by Gasteiger charge is -2.31. The van der Waals surface area contributed by atoms with Gasteiger partial charge in [0.1, 0.15) is 0 Å². The minimum Gasteiger partial charge on any atom is -0.353 e. The van der Waals surface area contributed by atoms with Gasteiger partial charge in [0.25, 0.3) is 0 Å². The van der Waals surface area contributed by atoms with Crippen molar-refractivity contribution < 1.29 is 4.79 Å². The third kappa shape index (κ3) is 3.21. The minimum atomic E-state index is 0.0774. The molecule has 0 saturated heterocycles. The summed E-state index contributed by atoms with van der Waals surface area (Å²) in [7, 11) is 0. The van der Waals surface area contributed by atoms with Crippen molar-refractivity contribution in [3.05, 3.63) is 0 Å². The lowest BCUT2D eigenvalue weighted by atomic mass is 9.84. The molecule has 0 aliphatic heterocycles. The zero-order valence-electron chi connectivity index (χ0n) is 11.3. The molecule has 3 N–H and O–H groups in total. The standard InChI is InChI=1S/C13H26N2O/c1-12(2,3)10(6-7-14)15-11(16)9-8-13(9,4)5/h9-10H,6-8,14H2,1-5H3,(H,15,16). The van der Waals surface area contributed by atoms with Crippen molar-refractivity contribution >= 4 is 5.91 Å². The molecule has 3 heteroatoms. The monoisotopic (exact) mass is 226 g/mol. The van der Waals surface area contributed by atoms with Crippen molar-refractivity contribution in [3.8, 4) is 0 Å². The van der Waals surface area contributed by atoms with Crippen LogP contribution in [0.5, 0.6) is 0 Å². The van der Waals surface area contributed by atoms with Gasteiger partial charge in [0.15, 0.2) is 0 Å². The van der Waals surface area contributed by atoms with Crippen LogP contribution in [0.25, 0.3) is 0 Å². The number of nitrogens with two attached hydrogens (primary N) is 1. The topological polar surface area (TPSA) is 55.1 Å². The van der Waals surface area contributed by atoms with Crippen LogP contribution < -0.4 is 11.1 Å². The average molecular weight is 226 g/mol. The van der Waals surface area contributed by atoms with Crippen LogP contribution in [0.4, 0.5) is 0 Å². The van der Waals surface area contributed by atoms with Gasteiger partial charge in [-0.05, 0) is 30.2 Å². The molecule has 3 nitrogen and oxygen atoms in total. The molecule has 0 spiro atoms. The number of hydrogen-bond acceptors (Lipinski definition) is 2. The zero-order valence-corrected chi connectivity index (χ0v) is 11.3. The maximum Gasteiger partial charge on any atom is 0.223 e. The summed E-state index contributed by atoms with van der Waals surface area (Å²) < 4.78 is 0. The lowest BCUT2D eigenvalue weighted by Crippen LogP contribution is -2.45. The van der Waals surface area contributed by atoms with Crippen LogP contribution in [-0.2, 0) is 4.79 Å². The summed E-state index contributed by atoms with van der Waals surface area (Å²) in [5, 5.41) is 3.16. The summed E-state index contributed by atoms with van der Waals surface area (Å²) >= 11 is 0. The highest BCUT2D eigenvalue weighted by molar-refractivity contribution is 5.82. The quantitative estimate of drug-likeness (QED) is 0.769. The fourth-order valence-electron chi connectivity index (χ4n) is 2.08. The molecule has 0 aromatic heterocycles. The van der Waals surface area contributed by atoms with Gasteiger partial charge in [-0.2, -0.15) is 0 Å². The van der Waals surface area contributed by atoms with E-state index in [1.165, 1.54) is 0 Å². The summed E-state index contributed by atoms with van der Waals surface area (Å²) in [6.45, 7) is 11.3. The molecule has 1 amide bonds. The van der Waals surface area contributed by atoms with E-state index in [9.17, 15) is 4.79 Å². The molecule has 94 valence electrons. The number of hydrogen-bond donors (Lipinski definition) is 2. The number of amides is 1. The van der Waals surface area contributed by atoms with Crippen LogP contribution in [0, 0.1) is 16.7 Å². The Hall–Kier alpha value is -0.570. The second-order valence-corrected chi connectivity index (χ2v) is 6.75. The molecule has 0 heterocycles. The van der Waals surface area contributed by atoms with E-state index >= 15 is 0 Å². The summed E-state index contributed by atoms with van der Waals surface area (Å²) in [5.74, 6) is 0.411. The Kier molecular flexibility index (Phi) is 3.68. The van der Waals surface area contributed by atoms with E-state index in [-0.39, 0.29) is 28.7 Å². The van der Waals surface area contributed by atoms with Gasteiger partial charge in [0.2, 0.25) is 5.91 Å². The molecule has 1 fully saturated rings. The first kappa shape index (κ1) is 13.5. The van der Waals surface area contributed by atoms with Crippen LogP contribution in [0.3, 0.4) is 0 Å². The third-order valence-corrected chi connectivity index (χ3v) is 3.65. The molecule has 0 bridgehead atoms. The fraction of sp³-hybridized carbons (Fsp3) is 0.923. The van der Waals surface area contributed by atoms with E-state index in [1.807, 2.05) is 0 Å². The van der Waals surface area contributed by atoms with Crippen molar-refractivity contribution in [1.82, 2.24) is 5.32 Å². The van der Waals surface area contributed by atoms with E-state index in [4.69, 9.17) is 5.73 Å². The van der Waals surface area contributed by atoms with Gasteiger partial charge in [0.05, 0.1) is 0 Å². The van der Waals surface area contributed by atoms with Gasteiger partial charge in [0, 0.05) is 12.0 Å². The Morgan fingerprint density at radius 2 is 2.00 bits per heavy atom. The second kappa shape index (κ2) is 4.36. The predicted octanol–water partition coefficient (Wildman–Crippen LogP) is 1.91. The first-order chi connectivity index (χ1) is 7.18. The molecule has 16 heavy (non-hydrogen) atoms. The van der Waals surface area contributed by atoms with Gasteiger partial charge in [-0.15, -0.1) is 0 Å². The van der Waals surface area contributed by atoms with Crippen molar-refractivity contribution in [2.75, 3.05) is 6.54 Å². The minimum absolute atomic E-state index is 0.0774. The first-order valence-corrected chi connectivity index (χ1v) is 6.19. The Labute approximate surface area is 99.2 Å².